The van der Waals surface area contributed by atoms with E-state index in [4.69, 9.17) is 4.52 Å². The minimum absolute atomic E-state index is 0.846. The fourth-order valence-electron chi connectivity index (χ4n) is 2.29. The van der Waals surface area contributed by atoms with Crippen LogP contribution in [0.5, 0.6) is 0 Å². The zero-order valence-electron chi connectivity index (χ0n) is 10.3. The molecule has 2 heterocycles. The molecule has 0 radical (unpaired) electrons. The Balaban J connectivity index is 2.02. The summed E-state index contributed by atoms with van der Waals surface area (Å²) in [6.07, 6.45) is 4.01. The van der Waals surface area contributed by atoms with E-state index in [1.54, 1.807) is 0 Å². The van der Waals surface area contributed by atoms with Gasteiger partial charge in [-0.3, -0.25) is 4.90 Å². The van der Waals surface area contributed by atoms with Crippen LogP contribution in [0.4, 0.5) is 0 Å². The number of hydrogen-bond acceptors (Lipinski definition) is 4. The lowest BCUT2D eigenvalue weighted by Crippen LogP contribution is -2.29. The average molecular weight is 223 g/mol. The van der Waals surface area contributed by atoms with Crippen LogP contribution >= 0.6 is 0 Å². The molecule has 16 heavy (non-hydrogen) atoms. The SMILES string of the molecule is CNCc1c(CN2CCCCC2)noc1C. The van der Waals surface area contributed by atoms with Gasteiger partial charge in [0.2, 0.25) is 0 Å². The number of piperidine rings is 1. The van der Waals surface area contributed by atoms with Gasteiger partial charge in [-0.2, -0.15) is 0 Å². The van der Waals surface area contributed by atoms with Gasteiger partial charge >= 0.3 is 0 Å². The standard InChI is InChI=1S/C12H21N3O/c1-10-11(8-13-2)12(14-16-10)9-15-6-4-3-5-7-15/h13H,3-9H2,1-2H3. The maximum Gasteiger partial charge on any atom is 0.138 e. The highest BCUT2D eigenvalue weighted by atomic mass is 16.5. The molecule has 1 aromatic rings. The van der Waals surface area contributed by atoms with Crippen LogP contribution in [0.25, 0.3) is 0 Å². The molecule has 4 nitrogen and oxygen atoms in total. The number of hydrogen-bond donors (Lipinski definition) is 1. The lowest BCUT2D eigenvalue weighted by atomic mass is 10.1. The predicted molar refractivity (Wildman–Crippen MR) is 63.1 cm³/mol. The van der Waals surface area contributed by atoms with Crippen molar-refractivity contribution >= 4 is 0 Å². The summed E-state index contributed by atoms with van der Waals surface area (Å²) in [5.74, 6) is 0.946. The van der Waals surface area contributed by atoms with Crippen molar-refractivity contribution < 1.29 is 4.52 Å². The molecular formula is C12H21N3O. The van der Waals surface area contributed by atoms with E-state index >= 15 is 0 Å². The Morgan fingerprint density at radius 1 is 1.31 bits per heavy atom. The highest BCUT2D eigenvalue weighted by Crippen LogP contribution is 2.17. The summed E-state index contributed by atoms with van der Waals surface area (Å²) in [5.41, 5.74) is 2.34. The van der Waals surface area contributed by atoms with E-state index in [1.807, 2.05) is 14.0 Å². The molecule has 1 aromatic heterocycles. The van der Waals surface area contributed by atoms with Crippen LogP contribution in [0.1, 0.15) is 36.3 Å². The first-order chi connectivity index (χ1) is 7.81. The van der Waals surface area contributed by atoms with Crippen molar-refractivity contribution in [3.05, 3.63) is 17.0 Å². The largest absolute Gasteiger partial charge is 0.361 e. The van der Waals surface area contributed by atoms with Gasteiger partial charge in [-0.1, -0.05) is 11.6 Å². The van der Waals surface area contributed by atoms with E-state index in [9.17, 15) is 0 Å². The molecule has 0 saturated carbocycles. The van der Waals surface area contributed by atoms with Crippen molar-refractivity contribution in [2.24, 2.45) is 0 Å². The van der Waals surface area contributed by atoms with E-state index in [1.165, 1.54) is 37.9 Å². The van der Waals surface area contributed by atoms with E-state index in [0.717, 1.165) is 24.5 Å². The molecule has 1 aliphatic heterocycles. The van der Waals surface area contributed by atoms with Crippen LogP contribution in [-0.4, -0.2) is 30.2 Å². The van der Waals surface area contributed by atoms with Gasteiger partial charge in [-0.15, -0.1) is 0 Å². The lowest BCUT2D eigenvalue weighted by Gasteiger charge is -2.25. The maximum absolute atomic E-state index is 5.27. The Morgan fingerprint density at radius 3 is 2.75 bits per heavy atom. The Kier molecular flexibility index (Phi) is 3.96. The second kappa shape index (κ2) is 5.46. The average Bonchev–Trinajstić information content (AvgIpc) is 2.64. The first kappa shape index (κ1) is 11.6. The molecule has 1 fully saturated rings. The normalized spacial score (nSPS) is 17.9. The van der Waals surface area contributed by atoms with Crippen molar-refractivity contribution in [3.63, 3.8) is 0 Å². The summed E-state index contributed by atoms with van der Waals surface area (Å²) in [7, 11) is 1.96. The summed E-state index contributed by atoms with van der Waals surface area (Å²) >= 11 is 0. The van der Waals surface area contributed by atoms with Crippen LogP contribution in [0, 0.1) is 6.92 Å². The number of likely N-dealkylation sites (tertiary alicyclic amines) is 1. The zero-order chi connectivity index (χ0) is 11.4. The van der Waals surface area contributed by atoms with Crippen molar-refractivity contribution in [1.29, 1.82) is 0 Å². The number of aromatic nitrogens is 1. The first-order valence-corrected chi connectivity index (χ1v) is 6.12. The van der Waals surface area contributed by atoms with Crippen molar-refractivity contribution in [2.45, 2.75) is 39.3 Å². The molecule has 0 spiro atoms. The Morgan fingerprint density at radius 2 is 2.06 bits per heavy atom. The molecule has 90 valence electrons. The van der Waals surface area contributed by atoms with E-state index in [2.05, 4.69) is 15.4 Å². The summed E-state index contributed by atoms with van der Waals surface area (Å²) < 4.78 is 5.27. The van der Waals surface area contributed by atoms with Crippen molar-refractivity contribution in [3.8, 4) is 0 Å². The minimum atomic E-state index is 0.846. The highest BCUT2D eigenvalue weighted by Gasteiger charge is 2.17. The molecule has 1 aliphatic rings. The minimum Gasteiger partial charge on any atom is -0.361 e. The number of nitrogens with zero attached hydrogens (tertiary/aromatic N) is 2. The fraction of sp³-hybridized carbons (Fsp3) is 0.750. The Hall–Kier alpha value is -0.870. The molecule has 0 aliphatic carbocycles. The smallest absolute Gasteiger partial charge is 0.138 e. The van der Waals surface area contributed by atoms with Gasteiger partial charge < -0.3 is 9.84 Å². The molecule has 1 N–H and O–H groups in total. The fourth-order valence-corrected chi connectivity index (χ4v) is 2.29. The summed E-state index contributed by atoms with van der Waals surface area (Å²) in [4.78, 5) is 2.47. The third kappa shape index (κ3) is 2.62. The Labute approximate surface area is 97.0 Å². The van der Waals surface area contributed by atoms with Gasteiger partial charge in [0, 0.05) is 18.7 Å². The summed E-state index contributed by atoms with van der Waals surface area (Å²) in [6, 6.07) is 0. The van der Waals surface area contributed by atoms with E-state index in [0.29, 0.717) is 0 Å². The van der Waals surface area contributed by atoms with Crippen molar-refractivity contribution in [1.82, 2.24) is 15.4 Å². The quantitative estimate of drug-likeness (QED) is 0.843. The molecule has 0 amide bonds. The number of aryl methyl sites for hydroxylation is 1. The lowest BCUT2D eigenvalue weighted by molar-refractivity contribution is 0.214. The molecule has 0 aromatic carbocycles. The van der Waals surface area contributed by atoms with Gasteiger partial charge in [0.1, 0.15) is 11.5 Å². The van der Waals surface area contributed by atoms with Crippen molar-refractivity contribution in [2.75, 3.05) is 20.1 Å². The predicted octanol–water partition coefficient (Wildman–Crippen LogP) is 1.69. The molecule has 0 bridgehead atoms. The number of rotatable bonds is 4. The van der Waals surface area contributed by atoms with Gasteiger partial charge in [0.25, 0.3) is 0 Å². The van der Waals surface area contributed by atoms with Crippen LogP contribution in [0.15, 0.2) is 4.52 Å². The third-order valence-electron chi connectivity index (χ3n) is 3.24. The molecule has 4 heteroatoms. The van der Waals surface area contributed by atoms with Crippen LogP contribution in [0.3, 0.4) is 0 Å². The van der Waals surface area contributed by atoms with Crippen LogP contribution < -0.4 is 5.32 Å². The summed E-state index contributed by atoms with van der Waals surface area (Å²) in [5, 5.41) is 7.34. The van der Waals surface area contributed by atoms with Gasteiger partial charge in [0.15, 0.2) is 0 Å². The van der Waals surface area contributed by atoms with Crippen LogP contribution in [0.2, 0.25) is 0 Å². The highest BCUT2D eigenvalue weighted by molar-refractivity contribution is 5.21. The topological polar surface area (TPSA) is 41.3 Å². The first-order valence-electron chi connectivity index (χ1n) is 6.12. The van der Waals surface area contributed by atoms with Crippen LogP contribution in [-0.2, 0) is 13.1 Å². The van der Waals surface area contributed by atoms with Gasteiger partial charge in [-0.05, 0) is 39.9 Å². The zero-order valence-corrected chi connectivity index (χ0v) is 10.3. The molecule has 0 unspecified atom stereocenters. The second-order valence-corrected chi connectivity index (χ2v) is 4.53. The maximum atomic E-state index is 5.27. The Bertz CT molecular complexity index is 329. The monoisotopic (exact) mass is 223 g/mol. The van der Waals surface area contributed by atoms with Gasteiger partial charge in [-0.25, -0.2) is 0 Å². The molecule has 1 saturated heterocycles. The number of nitrogens with one attached hydrogen (secondary N) is 1. The molecular weight excluding hydrogens is 202 g/mol. The molecule has 0 atom stereocenters. The molecule has 2 rings (SSSR count). The van der Waals surface area contributed by atoms with E-state index in [-0.39, 0.29) is 0 Å². The second-order valence-electron chi connectivity index (χ2n) is 4.53. The van der Waals surface area contributed by atoms with E-state index < -0.39 is 0 Å². The summed E-state index contributed by atoms with van der Waals surface area (Å²) in [6.45, 7) is 6.17. The third-order valence-corrected chi connectivity index (χ3v) is 3.24. The van der Waals surface area contributed by atoms with Gasteiger partial charge in [0.05, 0.1) is 0 Å².